The lowest BCUT2D eigenvalue weighted by Crippen LogP contribution is -2.04. The molecule has 0 saturated heterocycles. The van der Waals surface area contributed by atoms with E-state index in [1.165, 1.54) is 0 Å². The molecule has 0 aliphatic rings. The summed E-state index contributed by atoms with van der Waals surface area (Å²) in [4.78, 5) is 4.21. The number of ether oxygens (including phenoxy) is 2. The zero-order valence-electron chi connectivity index (χ0n) is 12.5. The minimum absolute atomic E-state index is 0.223. The van der Waals surface area contributed by atoms with Crippen molar-refractivity contribution < 1.29 is 9.47 Å². The third kappa shape index (κ3) is 2.48. The Labute approximate surface area is 123 Å². The molecular formula is C16H17N3O2. The Hall–Kier alpha value is -2.74. The maximum atomic E-state index is 9.42. The van der Waals surface area contributed by atoms with Crippen LogP contribution in [0.1, 0.15) is 16.8 Å². The van der Waals surface area contributed by atoms with E-state index >= 15 is 0 Å². The van der Waals surface area contributed by atoms with Gasteiger partial charge in [0.15, 0.2) is 0 Å². The summed E-state index contributed by atoms with van der Waals surface area (Å²) in [5, 5.41) is 9.42. The predicted octanol–water partition coefficient (Wildman–Crippen LogP) is 2.84. The molecule has 0 aliphatic carbocycles. The highest BCUT2D eigenvalue weighted by molar-refractivity contribution is 5.83. The van der Waals surface area contributed by atoms with Gasteiger partial charge in [-0.05, 0) is 37.6 Å². The Balaban J connectivity index is 2.87. The summed E-state index contributed by atoms with van der Waals surface area (Å²) < 4.78 is 10.7. The molecule has 0 radical (unpaired) electrons. The molecule has 0 saturated carbocycles. The second kappa shape index (κ2) is 5.71. The number of rotatable bonds is 3. The van der Waals surface area contributed by atoms with Crippen LogP contribution in [0.25, 0.3) is 11.1 Å². The molecule has 5 heteroatoms. The molecule has 2 N–H and O–H groups in total. The summed E-state index contributed by atoms with van der Waals surface area (Å²) in [6.07, 6.45) is 0. The molecule has 0 bridgehead atoms. The number of nitrogens with zero attached hydrogens (tertiary/aromatic N) is 2. The number of aryl methyl sites for hydroxylation is 1. The molecule has 0 atom stereocenters. The van der Waals surface area contributed by atoms with Gasteiger partial charge in [-0.3, -0.25) is 0 Å². The average molecular weight is 283 g/mol. The van der Waals surface area contributed by atoms with Crippen LogP contribution in [0.2, 0.25) is 0 Å². The van der Waals surface area contributed by atoms with Crippen LogP contribution in [0.3, 0.4) is 0 Å². The molecule has 0 spiro atoms. The van der Waals surface area contributed by atoms with E-state index in [0.717, 1.165) is 22.4 Å². The van der Waals surface area contributed by atoms with Gasteiger partial charge in [-0.1, -0.05) is 0 Å². The Morgan fingerprint density at radius 2 is 1.90 bits per heavy atom. The average Bonchev–Trinajstić information content (AvgIpc) is 2.49. The number of nitrogen functional groups attached to an aromatic ring is 1. The van der Waals surface area contributed by atoms with Crippen molar-refractivity contribution in [3.05, 3.63) is 35.0 Å². The first-order valence-electron chi connectivity index (χ1n) is 6.42. The first-order chi connectivity index (χ1) is 10.0. The zero-order chi connectivity index (χ0) is 15.6. The minimum Gasteiger partial charge on any atom is -0.497 e. The highest BCUT2D eigenvalue weighted by Crippen LogP contribution is 2.39. The van der Waals surface area contributed by atoms with Gasteiger partial charge < -0.3 is 15.2 Å². The smallest absolute Gasteiger partial charge is 0.142 e. The van der Waals surface area contributed by atoms with Gasteiger partial charge in [0, 0.05) is 16.8 Å². The lowest BCUT2D eigenvalue weighted by atomic mass is 9.94. The summed E-state index contributed by atoms with van der Waals surface area (Å²) in [6, 6.07) is 7.58. The van der Waals surface area contributed by atoms with E-state index in [1.54, 1.807) is 26.4 Å². The number of methoxy groups -OCH3 is 2. The third-order valence-corrected chi connectivity index (χ3v) is 3.50. The van der Waals surface area contributed by atoms with Crippen molar-refractivity contribution in [2.75, 3.05) is 20.0 Å². The van der Waals surface area contributed by atoms with Crippen LogP contribution in [-0.4, -0.2) is 19.2 Å². The molecular weight excluding hydrogens is 266 g/mol. The van der Waals surface area contributed by atoms with Crippen molar-refractivity contribution in [3.63, 3.8) is 0 Å². The normalized spacial score (nSPS) is 10.0. The van der Waals surface area contributed by atoms with Crippen molar-refractivity contribution in [2.24, 2.45) is 0 Å². The van der Waals surface area contributed by atoms with Gasteiger partial charge in [0.2, 0.25) is 0 Å². The first-order valence-corrected chi connectivity index (χ1v) is 6.42. The summed E-state index contributed by atoms with van der Waals surface area (Å²) in [6.45, 7) is 3.78. The molecule has 108 valence electrons. The van der Waals surface area contributed by atoms with Crippen molar-refractivity contribution in [2.45, 2.75) is 13.8 Å². The fourth-order valence-electron chi connectivity index (χ4n) is 2.28. The van der Waals surface area contributed by atoms with Gasteiger partial charge in [0.1, 0.15) is 28.9 Å². The highest BCUT2D eigenvalue weighted by Gasteiger charge is 2.19. The summed E-state index contributed by atoms with van der Waals surface area (Å²) in [5.74, 6) is 1.56. The number of anilines is 1. The number of hydrogen-bond acceptors (Lipinski definition) is 5. The van der Waals surface area contributed by atoms with Crippen LogP contribution in [0.15, 0.2) is 18.2 Å². The maximum Gasteiger partial charge on any atom is 0.142 e. The predicted molar refractivity (Wildman–Crippen MR) is 81.4 cm³/mol. The van der Waals surface area contributed by atoms with Gasteiger partial charge in [-0.15, -0.1) is 0 Å². The van der Waals surface area contributed by atoms with Crippen molar-refractivity contribution >= 4 is 5.82 Å². The van der Waals surface area contributed by atoms with Crippen LogP contribution < -0.4 is 15.2 Å². The molecule has 0 unspecified atom stereocenters. The summed E-state index contributed by atoms with van der Waals surface area (Å²) in [7, 11) is 3.18. The van der Waals surface area contributed by atoms with Crippen LogP contribution in [0, 0.1) is 25.2 Å². The van der Waals surface area contributed by atoms with Crippen LogP contribution in [0.5, 0.6) is 11.5 Å². The largest absolute Gasteiger partial charge is 0.497 e. The van der Waals surface area contributed by atoms with Gasteiger partial charge in [0.05, 0.1) is 14.2 Å². The SMILES string of the molecule is COc1ccc(OC)c(-c2c(C)c(C)nc(N)c2C#N)c1. The van der Waals surface area contributed by atoms with E-state index in [4.69, 9.17) is 15.2 Å². The number of hydrogen-bond donors (Lipinski definition) is 1. The molecule has 0 fully saturated rings. The fourth-order valence-corrected chi connectivity index (χ4v) is 2.28. The van der Waals surface area contributed by atoms with Crippen molar-refractivity contribution in [1.29, 1.82) is 5.26 Å². The molecule has 2 rings (SSSR count). The summed E-state index contributed by atoms with van der Waals surface area (Å²) in [5.41, 5.74) is 9.43. The van der Waals surface area contributed by atoms with Crippen LogP contribution in [0.4, 0.5) is 5.82 Å². The lowest BCUT2D eigenvalue weighted by Gasteiger charge is -2.16. The number of nitrogens with two attached hydrogens (primary N) is 1. The quantitative estimate of drug-likeness (QED) is 0.936. The fraction of sp³-hybridized carbons (Fsp3) is 0.250. The van der Waals surface area contributed by atoms with Crippen molar-refractivity contribution in [1.82, 2.24) is 4.98 Å². The van der Waals surface area contributed by atoms with Gasteiger partial charge in [0.25, 0.3) is 0 Å². The molecule has 1 heterocycles. The summed E-state index contributed by atoms with van der Waals surface area (Å²) >= 11 is 0. The Kier molecular flexibility index (Phi) is 3.99. The standard InChI is InChI=1S/C16H17N3O2/c1-9-10(2)19-16(18)13(8-17)15(9)12-7-11(20-3)5-6-14(12)21-4/h5-7H,1-4H3,(H2,18,19). The highest BCUT2D eigenvalue weighted by atomic mass is 16.5. The third-order valence-electron chi connectivity index (χ3n) is 3.50. The first kappa shape index (κ1) is 14.7. The molecule has 1 aromatic heterocycles. The van der Waals surface area contributed by atoms with E-state index in [9.17, 15) is 5.26 Å². The van der Waals surface area contributed by atoms with Crippen LogP contribution >= 0.6 is 0 Å². The second-order valence-electron chi connectivity index (χ2n) is 4.64. The monoisotopic (exact) mass is 283 g/mol. The molecule has 21 heavy (non-hydrogen) atoms. The number of nitriles is 1. The minimum atomic E-state index is 0.223. The molecule has 2 aromatic rings. The second-order valence-corrected chi connectivity index (χ2v) is 4.64. The van der Waals surface area contributed by atoms with E-state index < -0.39 is 0 Å². The van der Waals surface area contributed by atoms with Crippen LogP contribution in [-0.2, 0) is 0 Å². The van der Waals surface area contributed by atoms with Gasteiger partial charge >= 0.3 is 0 Å². The molecule has 5 nitrogen and oxygen atoms in total. The lowest BCUT2D eigenvalue weighted by molar-refractivity contribution is 0.404. The molecule has 0 amide bonds. The maximum absolute atomic E-state index is 9.42. The van der Waals surface area contributed by atoms with Gasteiger partial charge in [-0.2, -0.15) is 5.26 Å². The van der Waals surface area contributed by atoms with E-state index in [1.807, 2.05) is 19.9 Å². The number of pyridine rings is 1. The number of benzene rings is 1. The van der Waals surface area contributed by atoms with E-state index in [2.05, 4.69) is 11.1 Å². The molecule has 0 aliphatic heterocycles. The van der Waals surface area contributed by atoms with Crippen molar-refractivity contribution in [3.8, 4) is 28.7 Å². The Morgan fingerprint density at radius 1 is 1.19 bits per heavy atom. The Morgan fingerprint density at radius 3 is 2.48 bits per heavy atom. The zero-order valence-corrected chi connectivity index (χ0v) is 12.5. The Bertz CT molecular complexity index is 733. The van der Waals surface area contributed by atoms with Gasteiger partial charge in [-0.25, -0.2) is 4.98 Å². The van der Waals surface area contributed by atoms with E-state index in [-0.39, 0.29) is 5.82 Å². The molecule has 1 aromatic carbocycles. The van der Waals surface area contributed by atoms with E-state index in [0.29, 0.717) is 17.1 Å². The topological polar surface area (TPSA) is 81.2 Å². The number of aromatic nitrogens is 1.